The summed E-state index contributed by atoms with van der Waals surface area (Å²) >= 11 is 18.8. The van der Waals surface area contributed by atoms with Gasteiger partial charge in [0.15, 0.2) is 0 Å². The smallest absolute Gasteiger partial charge is 0.264 e. The quantitative estimate of drug-likeness (QED) is 0.160. The molecule has 236 valence electrons. The Bertz CT molecular complexity index is 1740. The minimum absolute atomic E-state index is 0.00901. The van der Waals surface area contributed by atoms with Crippen LogP contribution in [0.1, 0.15) is 30.0 Å². The van der Waals surface area contributed by atoms with Gasteiger partial charge in [0.25, 0.3) is 10.0 Å². The van der Waals surface area contributed by atoms with Crippen LogP contribution in [-0.4, -0.2) is 44.3 Å². The van der Waals surface area contributed by atoms with Crippen molar-refractivity contribution in [2.75, 3.05) is 17.4 Å². The highest BCUT2D eigenvalue weighted by molar-refractivity contribution is 7.92. The molecule has 2 amide bonds. The summed E-state index contributed by atoms with van der Waals surface area (Å²) in [6, 6.07) is 26.1. The highest BCUT2D eigenvalue weighted by atomic mass is 35.5. The van der Waals surface area contributed by atoms with E-state index in [9.17, 15) is 18.0 Å². The van der Waals surface area contributed by atoms with Gasteiger partial charge in [-0.25, -0.2) is 8.42 Å². The lowest BCUT2D eigenvalue weighted by Crippen LogP contribution is -2.53. The maximum atomic E-state index is 14.5. The second-order valence-corrected chi connectivity index (χ2v) is 13.6. The van der Waals surface area contributed by atoms with Gasteiger partial charge < -0.3 is 10.2 Å². The number of rotatable bonds is 13. The van der Waals surface area contributed by atoms with Gasteiger partial charge in [-0.05, 0) is 66.4 Å². The van der Waals surface area contributed by atoms with E-state index in [1.807, 2.05) is 37.3 Å². The fourth-order valence-electron chi connectivity index (χ4n) is 4.84. The normalized spacial score (nSPS) is 11.9. The number of sulfonamides is 1. The number of benzene rings is 4. The summed E-state index contributed by atoms with van der Waals surface area (Å²) in [4.78, 5) is 29.7. The van der Waals surface area contributed by atoms with Gasteiger partial charge >= 0.3 is 0 Å². The Kier molecular flexibility index (Phi) is 11.9. The maximum absolute atomic E-state index is 14.5. The van der Waals surface area contributed by atoms with Crippen molar-refractivity contribution in [1.29, 1.82) is 0 Å². The number of halogens is 3. The van der Waals surface area contributed by atoms with Crippen LogP contribution in [0.25, 0.3) is 0 Å². The molecule has 0 radical (unpaired) electrons. The number of carbonyl (C=O) groups excluding carboxylic acids is 2. The summed E-state index contributed by atoms with van der Waals surface area (Å²) in [6.07, 6.45) is 0.896. The molecule has 0 bridgehead atoms. The summed E-state index contributed by atoms with van der Waals surface area (Å²) < 4.78 is 29.3. The molecule has 45 heavy (non-hydrogen) atoms. The number of carbonyl (C=O) groups is 2. The predicted molar refractivity (Wildman–Crippen MR) is 181 cm³/mol. The molecule has 0 aliphatic heterocycles. The van der Waals surface area contributed by atoms with Crippen LogP contribution in [0, 0.1) is 6.92 Å². The summed E-state index contributed by atoms with van der Waals surface area (Å²) in [7, 11) is -4.24. The average Bonchev–Trinajstić information content (AvgIpc) is 3.04. The van der Waals surface area contributed by atoms with E-state index in [2.05, 4.69) is 5.32 Å². The monoisotopic (exact) mass is 685 g/mol. The van der Waals surface area contributed by atoms with Crippen molar-refractivity contribution in [1.82, 2.24) is 10.2 Å². The first-order chi connectivity index (χ1) is 21.5. The molecule has 11 heteroatoms. The van der Waals surface area contributed by atoms with Crippen LogP contribution in [0.5, 0.6) is 0 Å². The van der Waals surface area contributed by atoms with Gasteiger partial charge in [0.1, 0.15) is 12.6 Å². The number of nitrogens with one attached hydrogen (secondary N) is 1. The standard InChI is InChI=1S/C34H34Cl3N3O4S/c1-3-18-38-34(42)32(20-25-10-6-4-7-11-25)39(22-26-15-17-29(36)30(37)19-26)33(41)23-40(31-21-27(35)16-14-24(31)2)45(43,44)28-12-8-5-9-13-28/h4-17,19,21,32H,3,18,20,22-23H2,1-2H3,(H,38,42)/t32-/m1/s1. The zero-order valence-corrected chi connectivity index (χ0v) is 28.0. The molecular weight excluding hydrogens is 653 g/mol. The second kappa shape index (κ2) is 15.6. The van der Waals surface area contributed by atoms with E-state index in [-0.39, 0.29) is 29.5 Å². The fraction of sp³-hybridized carbons (Fsp3) is 0.235. The fourth-order valence-corrected chi connectivity index (χ4v) is 6.82. The third-order valence-electron chi connectivity index (χ3n) is 7.21. The molecule has 4 aromatic rings. The lowest BCUT2D eigenvalue weighted by Gasteiger charge is -2.34. The molecular formula is C34H34Cl3N3O4S. The van der Waals surface area contributed by atoms with Crippen LogP contribution < -0.4 is 9.62 Å². The number of nitrogens with zero attached hydrogens (tertiary/aromatic N) is 2. The Morgan fingerprint density at radius 1 is 0.822 bits per heavy atom. The van der Waals surface area contributed by atoms with E-state index in [0.717, 1.165) is 9.87 Å². The van der Waals surface area contributed by atoms with Crippen LogP contribution in [0.15, 0.2) is 102 Å². The highest BCUT2D eigenvalue weighted by Crippen LogP contribution is 2.30. The van der Waals surface area contributed by atoms with E-state index in [0.29, 0.717) is 39.2 Å². The molecule has 0 spiro atoms. The maximum Gasteiger partial charge on any atom is 0.264 e. The van der Waals surface area contributed by atoms with Crippen molar-refractivity contribution in [3.05, 3.63) is 129 Å². The topological polar surface area (TPSA) is 86.8 Å². The van der Waals surface area contributed by atoms with Gasteiger partial charge in [-0.2, -0.15) is 0 Å². The van der Waals surface area contributed by atoms with E-state index < -0.39 is 28.5 Å². The predicted octanol–water partition coefficient (Wildman–Crippen LogP) is 7.32. The third-order valence-corrected chi connectivity index (χ3v) is 9.96. The van der Waals surface area contributed by atoms with Gasteiger partial charge in [-0.1, -0.05) is 102 Å². The zero-order valence-electron chi connectivity index (χ0n) is 24.9. The first-order valence-electron chi connectivity index (χ1n) is 14.4. The molecule has 4 rings (SSSR count). The van der Waals surface area contributed by atoms with Crippen LogP contribution in [0.2, 0.25) is 15.1 Å². The minimum atomic E-state index is -4.24. The number of amides is 2. The molecule has 0 aromatic heterocycles. The Morgan fingerprint density at radius 3 is 2.13 bits per heavy atom. The van der Waals surface area contributed by atoms with Crippen LogP contribution >= 0.6 is 34.8 Å². The summed E-state index contributed by atoms with van der Waals surface area (Å²) in [5.74, 6) is -0.946. The molecule has 0 aliphatic rings. The Morgan fingerprint density at radius 2 is 1.49 bits per heavy atom. The first-order valence-corrected chi connectivity index (χ1v) is 17.0. The molecule has 1 N–H and O–H groups in total. The number of hydrogen-bond donors (Lipinski definition) is 1. The van der Waals surface area contributed by atoms with Gasteiger partial charge in [-0.15, -0.1) is 0 Å². The Labute approximate surface area is 279 Å². The molecule has 0 heterocycles. The number of hydrogen-bond acceptors (Lipinski definition) is 4. The number of anilines is 1. The van der Waals surface area contributed by atoms with Crippen LogP contribution in [-0.2, 0) is 32.6 Å². The van der Waals surface area contributed by atoms with Crippen molar-refractivity contribution in [2.45, 2.75) is 44.2 Å². The molecule has 0 saturated carbocycles. The Hall–Kier alpha value is -3.56. The highest BCUT2D eigenvalue weighted by Gasteiger charge is 2.35. The average molecular weight is 687 g/mol. The molecule has 0 aliphatic carbocycles. The van der Waals surface area contributed by atoms with E-state index in [1.54, 1.807) is 55.5 Å². The molecule has 7 nitrogen and oxygen atoms in total. The van der Waals surface area contributed by atoms with Crippen LogP contribution in [0.4, 0.5) is 5.69 Å². The largest absolute Gasteiger partial charge is 0.354 e. The van der Waals surface area contributed by atoms with Gasteiger partial charge in [-0.3, -0.25) is 13.9 Å². The van der Waals surface area contributed by atoms with E-state index in [1.165, 1.54) is 23.1 Å². The summed E-state index contributed by atoms with van der Waals surface area (Å²) in [6.45, 7) is 3.47. The lowest BCUT2D eigenvalue weighted by atomic mass is 10.0. The summed E-state index contributed by atoms with van der Waals surface area (Å²) in [5, 5.41) is 3.87. The molecule has 0 fully saturated rings. The third kappa shape index (κ3) is 8.79. The van der Waals surface area contributed by atoms with E-state index in [4.69, 9.17) is 34.8 Å². The van der Waals surface area contributed by atoms with Crippen molar-refractivity contribution in [3.63, 3.8) is 0 Å². The van der Waals surface area contributed by atoms with Crippen molar-refractivity contribution < 1.29 is 18.0 Å². The zero-order chi connectivity index (χ0) is 32.6. The van der Waals surface area contributed by atoms with Gasteiger partial charge in [0.2, 0.25) is 11.8 Å². The Balaban J connectivity index is 1.83. The van der Waals surface area contributed by atoms with E-state index >= 15 is 0 Å². The molecule has 0 unspecified atom stereocenters. The SMILES string of the molecule is CCCNC(=O)[C@@H](Cc1ccccc1)N(Cc1ccc(Cl)c(Cl)c1)C(=O)CN(c1cc(Cl)ccc1C)S(=O)(=O)c1ccccc1. The van der Waals surface area contributed by atoms with Crippen molar-refractivity contribution in [2.24, 2.45) is 0 Å². The molecule has 0 saturated heterocycles. The van der Waals surface area contributed by atoms with Crippen molar-refractivity contribution >= 4 is 62.3 Å². The second-order valence-electron chi connectivity index (χ2n) is 10.5. The summed E-state index contributed by atoms with van der Waals surface area (Å²) in [5.41, 5.74) is 2.31. The number of aryl methyl sites for hydroxylation is 1. The lowest BCUT2D eigenvalue weighted by molar-refractivity contribution is -0.140. The van der Waals surface area contributed by atoms with Gasteiger partial charge in [0, 0.05) is 24.5 Å². The van der Waals surface area contributed by atoms with Gasteiger partial charge in [0.05, 0.1) is 20.6 Å². The molecule has 4 aromatic carbocycles. The first kappa shape index (κ1) is 34.3. The minimum Gasteiger partial charge on any atom is -0.354 e. The van der Waals surface area contributed by atoms with Crippen molar-refractivity contribution in [3.8, 4) is 0 Å². The van der Waals surface area contributed by atoms with Crippen LogP contribution in [0.3, 0.4) is 0 Å². The molecule has 1 atom stereocenters.